The van der Waals surface area contributed by atoms with Crippen LogP contribution in [0.1, 0.15) is 34.6 Å². The molecule has 0 saturated heterocycles. The van der Waals surface area contributed by atoms with E-state index in [1.807, 2.05) is 0 Å². The lowest BCUT2D eigenvalue weighted by atomic mass is 9.95. The third kappa shape index (κ3) is 1.57. The Hall–Kier alpha value is -1.16. The van der Waals surface area contributed by atoms with E-state index in [0.717, 1.165) is 24.1 Å². The van der Waals surface area contributed by atoms with Crippen LogP contribution in [0, 0.1) is 0 Å². The van der Waals surface area contributed by atoms with Gasteiger partial charge >= 0.3 is 0 Å². The molecule has 1 aliphatic rings. The van der Waals surface area contributed by atoms with Gasteiger partial charge in [-0.05, 0) is 32.7 Å². The zero-order valence-corrected chi connectivity index (χ0v) is 8.39. The van der Waals surface area contributed by atoms with Crippen molar-refractivity contribution in [3.8, 4) is 0 Å². The number of hydrogen-bond acceptors (Lipinski definition) is 3. The van der Waals surface area contributed by atoms with Gasteiger partial charge in [-0.25, -0.2) is 0 Å². The number of Topliss-reactive ketones (excluding diaryl/α,β-unsaturated/α-hetero) is 1. The number of carbonyl (C=O) groups excluding carboxylic acids is 1. The molecule has 4 heteroatoms. The van der Waals surface area contributed by atoms with Crippen molar-refractivity contribution in [1.29, 1.82) is 0 Å². The molecule has 14 heavy (non-hydrogen) atoms. The number of H-pyrrole nitrogens is 1. The molecule has 2 rings (SSSR count). The van der Waals surface area contributed by atoms with E-state index in [4.69, 9.17) is 0 Å². The first kappa shape index (κ1) is 9.40. The fourth-order valence-electron chi connectivity index (χ4n) is 1.96. The number of rotatable bonds is 3. The number of aromatic amines is 1. The van der Waals surface area contributed by atoms with Crippen LogP contribution >= 0.6 is 0 Å². The van der Waals surface area contributed by atoms with Crippen molar-refractivity contribution >= 4 is 5.78 Å². The minimum atomic E-state index is 0.0897. The normalized spacial score (nSPS) is 15.2. The highest BCUT2D eigenvalue weighted by Gasteiger charge is 2.20. The smallest absolute Gasteiger partial charge is 0.197 e. The van der Waals surface area contributed by atoms with Crippen molar-refractivity contribution in [2.75, 3.05) is 13.6 Å². The number of hydrogen-bond donors (Lipinski definition) is 2. The predicted molar refractivity (Wildman–Crippen MR) is 53.5 cm³/mol. The van der Waals surface area contributed by atoms with Crippen molar-refractivity contribution in [3.63, 3.8) is 0 Å². The second kappa shape index (κ2) is 3.92. The Balaban J connectivity index is 2.25. The molecule has 1 aromatic rings. The van der Waals surface area contributed by atoms with Crippen LogP contribution in [0.3, 0.4) is 0 Å². The molecule has 0 aliphatic heterocycles. The molecule has 2 N–H and O–H groups in total. The summed E-state index contributed by atoms with van der Waals surface area (Å²) >= 11 is 0. The third-order valence-corrected chi connectivity index (χ3v) is 2.66. The molecule has 76 valence electrons. The van der Waals surface area contributed by atoms with Gasteiger partial charge in [0.2, 0.25) is 0 Å². The maximum atomic E-state index is 11.6. The van der Waals surface area contributed by atoms with E-state index in [2.05, 4.69) is 15.5 Å². The van der Waals surface area contributed by atoms with Crippen LogP contribution in [0.15, 0.2) is 0 Å². The topological polar surface area (TPSA) is 57.8 Å². The van der Waals surface area contributed by atoms with Gasteiger partial charge in [0.1, 0.15) is 5.69 Å². The molecule has 1 aliphatic carbocycles. The SMILES string of the molecule is CNCC(=O)c1n[nH]c2c1CCCC2. The second-order valence-electron chi connectivity index (χ2n) is 3.69. The van der Waals surface area contributed by atoms with Crippen LogP contribution in [0.4, 0.5) is 0 Å². The van der Waals surface area contributed by atoms with Crippen LogP contribution in [0.5, 0.6) is 0 Å². The van der Waals surface area contributed by atoms with Gasteiger partial charge in [0.15, 0.2) is 5.78 Å². The monoisotopic (exact) mass is 193 g/mol. The number of aryl methyl sites for hydroxylation is 1. The predicted octanol–water partition coefficient (Wildman–Crippen LogP) is 0.691. The van der Waals surface area contributed by atoms with E-state index in [1.54, 1.807) is 7.05 Å². The van der Waals surface area contributed by atoms with E-state index in [-0.39, 0.29) is 5.78 Å². The summed E-state index contributed by atoms with van der Waals surface area (Å²) in [5, 5.41) is 9.93. The maximum absolute atomic E-state index is 11.6. The number of ketones is 1. The second-order valence-corrected chi connectivity index (χ2v) is 3.69. The van der Waals surface area contributed by atoms with Gasteiger partial charge < -0.3 is 5.32 Å². The molecule has 0 atom stereocenters. The van der Waals surface area contributed by atoms with E-state index in [1.165, 1.54) is 12.8 Å². The summed E-state index contributed by atoms with van der Waals surface area (Å²) in [6, 6.07) is 0. The summed E-state index contributed by atoms with van der Waals surface area (Å²) in [6.07, 6.45) is 4.41. The van der Waals surface area contributed by atoms with Crippen LogP contribution in [-0.2, 0) is 12.8 Å². The average Bonchev–Trinajstić information content (AvgIpc) is 2.61. The number of nitrogens with zero attached hydrogens (tertiary/aromatic N) is 1. The van der Waals surface area contributed by atoms with Crippen LogP contribution in [0.25, 0.3) is 0 Å². The first-order valence-corrected chi connectivity index (χ1v) is 5.07. The summed E-state index contributed by atoms with van der Waals surface area (Å²) < 4.78 is 0. The highest BCUT2D eigenvalue weighted by molar-refractivity contribution is 5.97. The highest BCUT2D eigenvalue weighted by Crippen LogP contribution is 2.22. The molecular weight excluding hydrogens is 178 g/mol. The first-order valence-electron chi connectivity index (χ1n) is 5.07. The van der Waals surface area contributed by atoms with Gasteiger partial charge in [-0.1, -0.05) is 0 Å². The lowest BCUT2D eigenvalue weighted by Gasteiger charge is -2.10. The van der Waals surface area contributed by atoms with Gasteiger partial charge in [0.25, 0.3) is 0 Å². The first-order chi connectivity index (χ1) is 6.83. The Morgan fingerprint density at radius 3 is 3.07 bits per heavy atom. The Kier molecular flexibility index (Phi) is 2.63. The van der Waals surface area contributed by atoms with E-state index >= 15 is 0 Å². The molecule has 0 unspecified atom stereocenters. The lowest BCUT2D eigenvalue weighted by molar-refractivity contribution is 0.0988. The molecule has 0 aromatic carbocycles. The minimum Gasteiger partial charge on any atom is -0.313 e. The zero-order chi connectivity index (χ0) is 9.97. The van der Waals surface area contributed by atoms with Crippen molar-refractivity contribution in [2.24, 2.45) is 0 Å². The number of aromatic nitrogens is 2. The van der Waals surface area contributed by atoms with Crippen molar-refractivity contribution in [3.05, 3.63) is 17.0 Å². The van der Waals surface area contributed by atoms with Gasteiger partial charge in [-0.15, -0.1) is 0 Å². The molecule has 4 nitrogen and oxygen atoms in total. The molecule has 1 heterocycles. The van der Waals surface area contributed by atoms with E-state index in [0.29, 0.717) is 12.2 Å². The molecule has 1 aromatic heterocycles. The maximum Gasteiger partial charge on any atom is 0.197 e. The van der Waals surface area contributed by atoms with Crippen molar-refractivity contribution < 1.29 is 4.79 Å². The Morgan fingerprint density at radius 1 is 1.50 bits per heavy atom. The summed E-state index contributed by atoms with van der Waals surface area (Å²) in [5.41, 5.74) is 2.96. The number of likely N-dealkylation sites (N-methyl/N-ethyl adjacent to an activating group) is 1. The van der Waals surface area contributed by atoms with Crippen molar-refractivity contribution in [1.82, 2.24) is 15.5 Å². The minimum absolute atomic E-state index is 0.0897. The summed E-state index contributed by atoms with van der Waals surface area (Å²) in [6.45, 7) is 0.372. The van der Waals surface area contributed by atoms with Crippen LogP contribution in [-0.4, -0.2) is 29.6 Å². The number of nitrogens with one attached hydrogen (secondary N) is 2. The fourth-order valence-corrected chi connectivity index (χ4v) is 1.96. The summed E-state index contributed by atoms with van der Waals surface area (Å²) in [4.78, 5) is 11.6. The largest absolute Gasteiger partial charge is 0.313 e. The van der Waals surface area contributed by atoms with Crippen LogP contribution < -0.4 is 5.32 Å². The molecule has 0 saturated carbocycles. The molecule has 0 radical (unpaired) electrons. The molecule has 0 spiro atoms. The molecular formula is C10H15N3O. The summed E-state index contributed by atoms with van der Waals surface area (Å²) in [5.74, 6) is 0.0897. The number of carbonyl (C=O) groups is 1. The molecule has 0 bridgehead atoms. The molecule has 0 fully saturated rings. The molecule has 0 amide bonds. The third-order valence-electron chi connectivity index (χ3n) is 2.66. The van der Waals surface area contributed by atoms with Crippen molar-refractivity contribution in [2.45, 2.75) is 25.7 Å². The lowest BCUT2D eigenvalue weighted by Crippen LogP contribution is -2.20. The standard InChI is InChI=1S/C10H15N3O/c1-11-6-9(14)10-7-4-2-3-5-8(7)12-13-10/h11H,2-6H2,1H3,(H,12,13). The van der Waals surface area contributed by atoms with Gasteiger partial charge in [-0.2, -0.15) is 5.10 Å². The quantitative estimate of drug-likeness (QED) is 0.694. The fraction of sp³-hybridized carbons (Fsp3) is 0.600. The Labute approximate surface area is 83.1 Å². The zero-order valence-electron chi connectivity index (χ0n) is 8.39. The van der Waals surface area contributed by atoms with E-state index in [9.17, 15) is 4.79 Å². The Morgan fingerprint density at radius 2 is 2.29 bits per heavy atom. The van der Waals surface area contributed by atoms with Gasteiger partial charge in [-0.3, -0.25) is 9.89 Å². The Bertz CT molecular complexity index is 343. The van der Waals surface area contributed by atoms with Gasteiger partial charge in [0.05, 0.1) is 6.54 Å². The highest BCUT2D eigenvalue weighted by atomic mass is 16.1. The van der Waals surface area contributed by atoms with Crippen LogP contribution in [0.2, 0.25) is 0 Å². The average molecular weight is 193 g/mol. The summed E-state index contributed by atoms with van der Waals surface area (Å²) in [7, 11) is 1.77. The van der Waals surface area contributed by atoms with Gasteiger partial charge in [0, 0.05) is 11.3 Å². The number of fused-ring (bicyclic) bond motifs is 1. The van der Waals surface area contributed by atoms with E-state index < -0.39 is 0 Å².